The minimum atomic E-state index is -0.165. The van der Waals surface area contributed by atoms with Crippen molar-refractivity contribution in [2.24, 2.45) is 0 Å². The highest BCUT2D eigenvalue weighted by atomic mass is 32.1. The molecule has 0 aliphatic rings. The monoisotopic (exact) mass is 447 g/mol. The van der Waals surface area contributed by atoms with Crippen LogP contribution in [0.5, 0.6) is 11.5 Å². The van der Waals surface area contributed by atoms with Crippen LogP contribution in [0, 0.1) is 6.92 Å². The summed E-state index contributed by atoms with van der Waals surface area (Å²) in [5, 5.41) is 9.75. The van der Waals surface area contributed by atoms with Crippen molar-refractivity contribution < 1.29 is 14.3 Å². The zero-order chi connectivity index (χ0) is 22.5. The lowest BCUT2D eigenvalue weighted by Gasteiger charge is -2.11. The standard InChI is InChI=1S/C25H25N3O3S/c1-17-6-9-19(10-7-17)28-21(16-20(27-28)24-5-4-14-32-24)25(29)26-13-12-18-8-11-22(30-2)23(15-18)31-3/h4-11,14-16H,12-13H2,1-3H3,(H,26,29). The fraction of sp³-hybridized carbons (Fsp3) is 0.200. The number of methoxy groups -OCH3 is 2. The van der Waals surface area contributed by atoms with E-state index >= 15 is 0 Å². The molecule has 4 aromatic rings. The van der Waals surface area contributed by atoms with Crippen LogP contribution in [0.3, 0.4) is 0 Å². The molecule has 1 amide bonds. The number of thiophene rings is 1. The SMILES string of the molecule is COc1ccc(CCNC(=O)c2cc(-c3cccs3)nn2-c2ccc(C)cc2)cc1OC. The first-order valence-electron chi connectivity index (χ1n) is 10.3. The summed E-state index contributed by atoms with van der Waals surface area (Å²) < 4.78 is 12.4. The number of carbonyl (C=O) groups excluding carboxylic acids is 1. The molecule has 4 rings (SSSR count). The molecule has 32 heavy (non-hydrogen) atoms. The molecular formula is C25H25N3O3S. The van der Waals surface area contributed by atoms with Gasteiger partial charge < -0.3 is 14.8 Å². The number of benzene rings is 2. The molecule has 0 saturated carbocycles. The first kappa shape index (κ1) is 21.6. The van der Waals surface area contributed by atoms with Crippen LogP contribution in [0.1, 0.15) is 21.6 Å². The lowest BCUT2D eigenvalue weighted by atomic mass is 10.1. The van der Waals surface area contributed by atoms with Crippen molar-refractivity contribution in [3.05, 3.63) is 82.9 Å². The highest BCUT2D eigenvalue weighted by molar-refractivity contribution is 7.13. The number of amides is 1. The van der Waals surface area contributed by atoms with Crippen molar-refractivity contribution in [3.63, 3.8) is 0 Å². The molecule has 0 fully saturated rings. The van der Waals surface area contributed by atoms with Crippen LogP contribution < -0.4 is 14.8 Å². The van der Waals surface area contributed by atoms with Crippen LogP contribution in [0.15, 0.2) is 66.0 Å². The van der Waals surface area contributed by atoms with Crippen molar-refractivity contribution in [3.8, 4) is 27.8 Å². The zero-order valence-corrected chi connectivity index (χ0v) is 19.1. The molecule has 0 radical (unpaired) electrons. The van der Waals surface area contributed by atoms with Gasteiger partial charge in [0.2, 0.25) is 0 Å². The number of aromatic nitrogens is 2. The second kappa shape index (κ2) is 9.70. The quantitative estimate of drug-likeness (QED) is 0.417. The molecule has 1 N–H and O–H groups in total. The average molecular weight is 448 g/mol. The van der Waals surface area contributed by atoms with Crippen molar-refractivity contribution in [2.45, 2.75) is 13.3 Å². The molecule has 2 aromatic heterocycles. The van der Waals surface area contributed by atoms with E-state index in [0.717, 1.165) is 27.4 Å². The number of ether oxygens (including phenoxy) is 2. The van der Waals surface area contributed by atoms with E-state index in [2.05, 4.69) is 5.32 Å². The third-order valence-electron chi connectivity index (χ3n) is 5.14. The summed E-state index contributed by atoms with van der Waals surface area (Å²) in [5.41, 5.74) is 4.34. The minimum absolute atomic E-state index is 0.165. The summed E-state index contributed by atoms with van der Waals surface area (Å²) in [4.78, 5) is 14.1. The summed E-state index contributed by atoms with van der Waals surface area (Å²) in [7, 11) is 3.22. The summed E-state index contributed by atoms with van der Waals surface area (Å²) in [6.45, 7) is 2.52. The average Bonchev–Trinajstić information content (AvgIpc) is 3.49. The minimum Gasteiger partial charge on any atom is -0.493 e. The van der Waals surface area contributed by atoms with Crippen LogP contribution in [-0.4, -0.2) is 36.5 Å². The van der Waals surface area contributed by atoms with E-state index in [1.165, 1.54) is 0 Å². The number of rotatable bonds is 8. The molecule has 2 heterocycles. The Morgan fingerprint density at radius 2 is 1.81 bits per heavy atom. The van der Waals surface area contributed by atoms with Gasteiger partial charge in [0, 0.05) is 6.54 Å². The summed E-state index contributed by atoms with van der Waals surface area (Å²) in [5.74, 6) is 1.19. The first-order chi connectivity index (χ1) is 15.6. The number of nitrogens with zero attached hydrogens (tertiary/aromatic N) is 2. The molecule has 0 aliphatic heterocycles. The Labute approximate surface area is 191 Å². The molecular weight excluding hydrogens is 422 g/mol. The molecule has 7 heteroatoms. The largest absolute Gasteiger partial charge is 0.493 e. The maximum absolute atomic E-state index is 13.1. The second-order valence-electron chi connectivity index (χ2n) is 7.33. The van der Waals surface area contributed by atoms with Crippen molar-refractivity contribution in [1.29, 1.82) is 0 Å². The van der Waals surface area contributed by atoms with Crippen molar-refractivity contribution in [2.75, 3.05) is 20.8 Å². The van der Waals surface area contributed by atoms with Crippen molar-refractivity contribution in [1.82, 2.24) is 15.1 Å². The third kappa shape index (κ3) is 4.68. The zero-order valence-electron chi connectivity index (χ0n) is 18.3. The lowest BCUT2D eigenvalue weighted by molar-refractivity contribution is 0.0946. The molecule has 0 atom stereocenters. The molecule has 0 saturated heterocycles. The fourth-order valence-corrected chi connectivity index (χ4v) is 4.10. The Kier molecular flexibility index (Phi) is 6.56. The second-order valence-corrected chi connectivity index (χ2v) is 8.28. The molecule has 0 bridgehead atoms. The van der Waals surface area contributed by atoms with Gasteiger partial charge in [-0.1, -0.05) is 29.8 Å². The van der Waals surface area contributed by atoms with E-state index < -0.39 is 0 Å². The maximum atomic E-state index is 13.1. The first-order valence-corrected chi connectivity index (χ1v) is 11.2. The van der Waals surface area contributed by atoms with E-state index in [4.69, 9.17) is 14.6 Å². The number of hydrogen-bond donors (Lipinski definition) is 1. The van der Waals surface area contributed by atoms with Crippen LogP contribution in [0.4, 0.5) is 0 Å². The maximum Gasteiger partial charge on any atom is 0.270 e. The summed E-state index contributed by atoms with van der Waals surface area (Å²) in [6.07, 6.45) is 0.669. The van der Waals surface area contributed by atoms with Crippen LogP contribution >= 0.6 is 11.3 Å². The number of aryl methyl sites for hydroxylation is 1. The van der Waals surface area contributed by atoms with Gasteiger partial charge in [-0.3, -0.25) is 4.79 Å². The number of nitrogens with one attached hydrogen (secondary N) is 1. The van der Waals surface area contributed by atoms with Gasteiger partial charge in [-0.05, 0) is 60.7 Å². The van der Waals surface area contributed by atoms with Crippen LogP contribution in [0.2, 0.25) is 0 Å². The normalized spacial score (nSPS) is 10.7. The van der Waals surface area contributed by atoms with E-state index in [1.807, 2.05) is 73.0 Å². The highest BCUT2D eigenvalue weighted by Crippen LogP contribution is 2.28. The Morgan fingerprint density at radius 3 is 2.50 bits per heavy atom. The van der Waals surface area contributed by atoms with E-state index in [0.29, 0.717) is 30.2 Å². The number of hydrogen-bond acceptors (Lipinski definition) is 5. The van der Waals surface area contributed by atoms with Gasteiger partial charge in [0.1, 0.15) is 11.4 Å². The van der Waals surface area contributed by atoms with E-state index in [-0.39, 0.29) is 5.91 Å². The molecule has 0 aliphatic carbocycles. The van der Waals surface area contributed by atoms with Gasteiger partial charge >= 0.3 is 0 Å². The lowest BCUT2D eigenvalue weighted by Crippen LogP contribution is -2.27. The van der Waals surface area contributed by atoms with E-state index in [9.17, 15) is 4.79 Å². The van der Waals surface area contributed by atoms with E-state index in [1.54, 1.807) is 30.2 Å². The molecule has 164 valence electrons. The van der Waals surface area contributed by atoms with Gasteiger partial charge in [0.05, 0.1) is 24.8 Å². The van der Waals surface area contributed by atoms with Gasteiger partial charge in [-0.25, -0.2) is 4.68 Å². The Balaban J connectivity index is 1.53. The van der Waals surface area contributed by atoms with Gasteiger partial charge in [-0.2, -0.15) is 5.10 Å². The molecule has 0 unspecified atom stereocenters. The van der Waals surface area contributed by atoms with Gasteiger partial charge in [0.15, 0.2) is 11.5 Å². The number of carbonyl (C=O) groups is 1. The molecule has 0 spiro atoms. The topological polar surface area (TPSA) is 65.4 Å². The highest BCUT2D eigenvalue weighted by Gasteiger charge is 2.18. The predicted molar refractivity (Wildman–Crippen MR) is 127 cm³/mol. The Hall–Kier alpha value is -3.58. The summed E-state index contributed by atoms with van der Waals surface area (Å²) in [6, 6.07) is 19.6. The molecule has 6 nitrogen and oxygen atoms in total. The fourth-order valence-electron chi connectivity index (χ4n) is 3.42. The van der Waals surface area contributed by atoms with Gasteiger partial charge in [-0.15, -0.1) is 11.3 Å². The Morgan fingerprint density at radius 1 is 1.03 bits per heavy atom. The summed E-state index contributed by atoms with van der Waals surface area (Å²) >= 11 is 1.60. The molecule has 2 aromatic carbocycles. The third-order valence-corrected chi connectivity index (χ3v) is 6.03. The van der Waals surface area contributed by atoms with Crippen LogP contribution in [0.25, 0.3) is 16.3 Å². The Bertz CT molecular complexity index is 1200. The van der Waals surface area contributed by atoms with Crippen LogP contribution in [-0.2, 0) is 6.42 Å². The smallest absolute Gasteiger partial charge is 0.270 e. The predicted octanol–water partition coefficient (Wildman–Crippen LogP) is 4.90. The van der Waals surface area contributed by atoms with Crippen molar-refractivity contribution >= 4 is 17.2 Å². The van der Waals surface area contributed by atoms with Gasteiger partial charge in [0.25, 0.3) is 5.91 Å².